The van der Waals surface area contributed by atoms with Gasteiger partial charge in [0.15, 0.2) is 0 Å². The van der Waals surface area contributed by atoms with Gasteiger partial charge < -0.3 is 5.73 Å². The Balaban J connectivity index is 0.000000288. The van der Waals surface area contributed by atoms with Crippen LogP contribution in [0.3, 0.4) is 0 Å². The van der Waals surface area contributed by atoms with Crippen molar-refractivity contribution in [3.63, 3.8) is 0 Å². The van der Waals surface area contributed by atoms with Gasteiger partial charge in [-0.25, -0.2) is 0 Å². The highest BCUT2D eigenvalue weighted by atomic mass is 14.5. The van der Waals surface area contributed by atoms with Crippen molar-refractivity contribution in [1.82, 2.24) is 0 Å². The van der Waals surface area contributed by atoms with Crippen molar-refractivity contribution in [2.45, 2.75) is 46.5 Å². The van der Waals surface area contributed by atoms with Gasteiger partial charge in [-0.2, -0.15) is 0 Å². The average Bonchev–Trinajstić information content (AvgIpc) is 3.08. The first-order valence-electron chi connectivity index (χ1n) is 6.24. The first-order chi connectivity index (χ1) is 7.29. The van der Waals surface area contributed by atoms with Crippen LogP contribution in [0.25, 0.3) is 0 Å². The molecule has 0 aliphatic heterocycles. The van der Waals surface area contributed by atoms with Crippen LogP contribution in [0.15, 0.2) is 24.3 Å². The largest absolute Gasteiger partial charge is 0.330 e. The van der Waals surface area contributed by atoms with Gasteiger partial charge in [-0.3, -0.25) is 0 Å². The van der Waals surface area contributed by atoms with E-state index in [-0.39, 0.29) is 0 Å². The third-order valence-corrected chi connectivity index (χ3v) is 2.85. The third-order valence-electron chi connectivity index (χ3n) is 2.85. The molecule has 0 aromatic heterocycles. The maximum Gasteiger partial charge on any atom is -0.00745 e. The van der Waals surface area contributed by atoms with Crippen LogP contribution >= 0.6 is 0 Å². The molecular formula is C14H27N. The van der Waals surface area contributed by atoms with E-state index in [1.54, 1.807) is 0 Å². The molecule has 0 radical (unpaired) electrons. The van der Waals surface area contributed by atoms with Crippen molar-refractivity contribution in [3.05, 3.63) is 24.3 Å². The van der Waals surface area contributed by atoms with Gasteiger partial charge in [0.25, 0.3) is 0 Å². The molecule has 88 valence electrons. The van der Waals surface area contributed by atoms with E-state index >= 15 is 0 Å². The van der Waals surface area contributed by atoms with Crippen LogP contribution in [0, 0.1) is 11.8 Å². The van der Waals surface area contributed by atoms with E-state index in [1.165, 1.54) is 25.7 Å². The SMILES string of the molecule is C/C=C\C=C/C.CCC(CCN)C1CC1. The standard InChI is InChI=1S/C8H17N.C6H10/c1-2-7(5-6-9)8-3-4-8;1-3-5-6-4-2/h7-8H,2-6,9H2,1H3;3-6H,1-2H3/b;5-3-,6-4-. The lowest BCUT2D eigenvalue weighted by Crippen LogP contribution is -2.09. The van der Waals surface area contributed by atoms with Gasteiger partial charge in [0, 0.05) is 0 Å². The predicted molar refractivity (Wildman–Crippen MR) is 69.8 cm³/mol. The highest BCUT2D eigenvalue weighted by molar-refractivity contribution is 4.98. The van der Waals surface area contributed by atoms with Crippen molar-refractivity contribution >= 4 is 0 Å². The Kier molecular flexibility index (Phi) is 9.60. The quantitative estimate of drug-likeness (QED) is 0.683. The van der Waals surface area contributed by atoms with Crippen LogP contribution in [0.2, 0.25) is 0 Å². The summed E-state index contributed by atoms with van der Waals surface area (Å²) in [5.41, 5.74) is 5.47. The summed E-state index contributed by atoms with van der Waals surface area (Å²) in [6, 6.07) is 0. The van der Waals surface area contributed by atoms with Gasteiger partial charge in [0.05, 0.1) is 0 Å². The van der Waals surface area contributed by atoms with Crippen molar-refractivity contribution in [2.75, 3.05) is 6.54 Å². The first-order valence-corrected chi connectivity index (χ1v) is 6.24. The van der Waals surface area contributed by atoms with E-state index in [1.807, 2.05) is 38.2 Å². The zero-order valence-corrected chi connectivity index (χ0v) is 10.6. The molecule has 1 aliphatic rings. The Hall–Kier alpha value is -0.560. The van der Waals surface area contributed by atoms with Gasteiger partial charge in [-0.15, -0.1) is 0 Å². The molecule has 1 rings (SSSR count). The van der Waals surface area contributed by atoms with E-state index in [0.717, 1.165) is 18.4 Å². The van der Waals surface area contributed by atoms with Crippen LogP contribution in [-0.4, -0.2) is 6.54 Å². The maximum absolute atomic E-state index is 5.47. The Morgan fingerprint density at radius 1 is 1.20 bits per heavy atom. The fourth-order valence-corrected chi connectivity index (χ4v) is 1.78. The number of rotatable bonds is 5. The molecule has 1 atom stereocenters. The molecule has 0 aromatic rings. The topological polar surface area (TPSA) is 26.0 Å². The summed E-state index contributed by atoms with van der Waals surface area (Å²) in [5.74, 6) is 2.01. The highest BCUT2D eigenvalue weighted by Crippen LogP contribution is 2.39. The van der Waals surface area contributed by atoms with E-state index in [4.69, 9.17) is 5.73 Å². The first kappa shape index (κ1) is 14.4. The zero-order valence-electron chi connectivity index (χ0n) is 10.6. The van der Waals surface area contributed by atoms with Gasteiger partial charge in [0.2, 0.25) is 0 Å². The number of hydrogen-bond acceptors (Lipinski definition) is 1. The normalized spacial score (nSPS) is 17.9. The Morgan fingerprint density at radius 3 is 2.00 bits per heavy atom. The second-order valence-corrected chi connectivity index (χ2v) is 4.13. The van der Waals surface area contributed by atoms with Crippen molar-refractivity contribution in [2.24, 2.45) is 17.6 Å². The third kappa shape index (κ3) is 8.44. The Bertz CT molecular complexity index is 168. The van der Waals surface area contributed by atoms with Crippen LogP contribution in [0.4, 0.5) is 0 Å². The molecule has 2 N–H and O–H groups in total. The highest BCUT2D eigenvalue weighted by Gasteiger charge is 2.28. The molecule has 1 nitrogen and oxygen atoms in total. The molecule has 1 heteroatoms. The molecule has 1 unspecified atom stereocenters. The van der Waals surface area contributed by atoms with E-state index in [9.17, 15) is 0 Å². The molecular weight excluding hydrogens is 182 g/mol. The maximum atomic E-state index is 5.47. The summed E-state index contributed by atoms with van der Waals surface area (Å²) >= 11 is 0. The lowest BCUT2D eigenvalue weighted by Gasteiger charge is -2.10. The minimum absolute atomic E-state index is 0.884. The number of allylic oxidation sites excluding steroid dienone is 4. The van der Waals surface area contributed by atoms with Crippen LogP contribution in [-0.2, 0) is 0 Å². The second kappa shape index (κ2) is 9.97. The Labute approximate surface area is 95.4 Å². The number of nitrogens with two attached hydrogens (primary N) is 1. The monoisotopic (exact) mass is 209 g/mol. The summed E-state index contributed by atoms with van der Waals surface area (Å²) in [6.07, 6.45) is 13.5. The predicted octanol–water partition coefficient (Wildman–Crippen LogP) is 3.91. The average molecular weight is 209 g/mol. The fraction of sp³-hybridized carbons (Fsp3) is 0.714. The molecule has 0 saturated heterocycles. The van der Waals surface area contributed by atoms with Crippen LogP contribution < -0.4 is 5.73 Å². The summed E-state index contributed by atoms with van der Waals surface area (Å²) in [5, 5.41) is 0. The number of hydrogen-bond donors (Lipinski definition) is 1. The van der Waals surface area contributed by atoms with Gasteiger partial charge in [-0.05, 0) is 51.5 Å². The molecule has 1 fully saturated rings. The fourth-order valence-electron chi connectivity index (χ4n) is 1.78. The molecule has 0 bridgehead atoms. The molecule has 0 aromatic carbocycles. The van der Waals surface area contributed by atoms with Crippen molar-refractivity contribution in [3.8, 4) is 0 Å². The summed E-state index contributed by atoms with van der Waals surface area (Å²) in [4.78, 5) is 0. The molecule has 0 spiro atoms. The van der Waals surface area contributed by atoms with Crippen molar-refractivity contribution < 1.29 is 0 Å². The Morgan fingerprint density at radius 2 is 1.73 bits per heavy atom. The van der Waals surface area contributed by atoms with E-state index in [0.29, 0.717) is 0 Å². The second-order valence-electron chi connectivity index (χ2n) is 4.13. The van der Waals surface area contributed by atoms with Crippen LogP contribution in [0.5, 0.6) is 0 Å². The van der Waals surface area contributed by atoms with Crippen LogP contribution in [0.1, 0.15) is 46.5 Å². The minimum atomic E-state index is 0.884. The minimum Gasteiger partial charge on any atom is -0.330 e. The smallest absolute Gasteiger partial charge is 0.00745 e. The summed E-state index contributed by atoms with van der Waals surface area (Å²) in [7, 11) is 0. The molecule has 0 heterocycles. The zero-order chi connectivity index (χ0) is 11.5. The lowest BCUT2D eigenvalue weighted by atomic mass is 9.97. The molecule has 1 aliphatic carbocycles. The molecule has 1 saturated carbocycles. The van der Waals surface area contributed by atoms with Gasteiger partial charge in [-0.1, -0.05) is 37.6 Å². The van der Waals surface area contributed by atoms with E-state index in [2.05, 4.69) is 6.92 Å². The van der Waals surface area contributed by atoms with Crippen molar-refractivity contribution in [1.29, 1.82) is 0 Å². The summed E-state index contributed by atoms with van der Waals surface area (Å²) in [6.45, 7) is 7.16. The van der Waals surface area contributed by atoms with Gasteiger partial charge in [0.1, 0.15) is 0 Å². The lowest BCUT2D eigenvalue weighted by molar-refractivity contribution is 0.421. The molecule has 15 heavy (non-hydrogen) atoms. The summed E-state index contributed by atoms with van der Waals surface area (Å²) < 4.78 is 0. The van der Waals surface area contributed by atoms with Gasteiger partial charge >= 0.3 is 0 Å². The molecule has 0 amide bonds. The van der Waals surface area contributed by atoms with E-state index < -0.39 is 0 Å².